The molecule has 0 spiro atoms. The van der Waals surface area contributed by atoms with Crippen LogP contribution in [0.25, 0.3) is 0 Å². The van der Waals surface area contributed by atoms with E-state index < -0.39 is 10.0 Å². The SMILES string of the molecule is Cc1nc(S(=O)(=O)Nc2cccc3c2CNCC3)c(Br)n1C. The summed E-state index contributed by atoms with van der Waals surface area (Å²) in [7, 11) is -1.97. The highest BCUT2D eigenvalue weighted by Crippen LogP contribution is 2.28. The minimum absolute atomic E-state index is 0.00821. The number of aryl methyl sites for hydroxylation is 1. The number of imidazole rings is 1. The van der Waals surface area contributed by atoms with Crippen molar-refractivity contribution in [3.63, 3.8) is 0 Å². The normalized spacial score (nSPS) is 14.7. The number of halogens is 1. The first-order valence-corrected chi connectivity index (χ1v) is 9.21. The monoisotopic (exact) mass is 384 g/mol. The summed E-state index contributed by atoms with van der Waals surface area (Å²) < 4.78 is 30.1. The van der Waals surface area contributed by atoms with E-state index in [1.54, 1.807) is 24.6 Å². The van der Waals surface area contributed by atoms with Crippen molar-refractivity contribution in [2.75, 3.05) is 11.3 Å². The summed E-state index contributed by atoms with van der Waals surface area (Å²) in [4.78, 5) is 4.14. The molecule has 0 saturated heterocycles. The summed E-state index contributed by atoms with van der Waals surface area (Å²) in [5.74, 6) is 0.629. The first-order valence-electron chi connectivity index (χ1n) is 6.93. The highest BCUT2D eigenvalue weighted by molar-refractivity contribution is 9.10. The van der Waals surface area contributed by atoms with E-state index in [1.807, 2.05) is 12.1 Å². The Kier molecular flexibility index (Phi) is 4.00. The molecule has 6 nitrogen and oxygen atoms in total. The molecule has 0 aliphatic carbocycles. The molecule has 118 valence electrons. The number of hydrogen-bond donors (Lipinski definition) is 2. The van der Waals surface area contributed by atoms with E-state index in [2.05, 4.69) is 31.0 Å². The molecule has 8 heteroatoms. The fraction of sp³-hybridized carbons (Fsp3) is 0.357. The van der Waals surface area contributed by atoms with E-state index in [4.69, 9.17) is 0 Å². The van der Waals surface area contributed by atoms with Gasteiger partial charge in [0.05, 0.1) is 5.69 Å². The number of hydrogen-bond acceptors (Lipinski definition) is 4. The number of nitrogens with zero attached hydrogens (tertiary/aromatic N) is 2. The Bertz CT molecular complexity index is 830. The lowest BCUT2D eigenvalue weighted by Gasteiger charge is -2.20. The Balaban J connectivity index is 2.00. The van der Waals surface area contributed by atoms with Crippen LogP contribution in [0.15, 0.2) is 27.8 Å². The lowest BCUT2D eigenvalue weighted by atomic mass is 10.00. The van der Waals surface area contributed by atoms with Crippen molar-refractivity contribution in [2.24, 2.45) is 7.05 Å². The number of benzene rings is 1. The molecule has 22 heavy (non-hydrogen) atoms. The summed E-state index contributed by atoms with van der Waals surface area (Å²) >= 11 is 3.29. The molecule has 0 saturated carbocycles. The zero-order valence-corrected chi connectivity index (χ0v) is 14.8. The molecule has 1 aliphatic heterocycles. The zero-order chi connectivity index (χ0) is 15.9. The highest BCUT2D eigenvalue weighted by atomic mass is 79.9. The van der Waals surface area contributed by atoms with Crippen LogP contribution in [0.4, 0.5) is 5.69 Å². The van der Waals surface area contributed by atoms with Crippen LogP contribution in [0.1, 0.15) is 17.0 Å². The molecular weight excluding hydrogens is 368 g/mol. The quantitative estimate of drug-likeness (QED) is 0.847. The Morgan fingerprint density at radius 2 is 2.18 bits per heavy atom. The van der Waals surface area contributed by atoms with Gasteiger partial charge in [-0.25, -0.2) is 4.98 Å². The van der Waals surface area contributed by atoms with Crippen LogP contribution >= 0.6 is 15.9 Å². The van der Waals surface area contributed by atoms with Gasteiger partial charge in [-0.05, 0) is 53.0 Å². The molecule has 1 aromatic carbocycles. The predicted molar refractivity (Wildman–Crippen MR) is 88.3 cm³/mol. The molecule has 0 fully saturated rings. The average Bonchev–Trinajstić information content (AvgIpc) is 2.76. The average molecular weight is 385 g/mol. The maximum atomic E-state index is 12.6. The van der Waals surface area contributed by atoms with Gasteiger partial charge in [0.1, 0.15) is 10.4 Å². The van der Waals surface area contributed by atoms with Crippen LogP contribution in [0, 0.1) is 6.92 Å². The summed E-state index contributed by atoms with van der Waals surface area (Å²) in [6.45, 7) is 3.34. The Hall–Kier alpha value is -1.38. The van der Waals surface area contributed by atoms with Crippen molar-refractivity contribution in [3.05, 3.63) is 39.8 Å². The fourth-order valence-electron chi connectivity index (χ4n) is 2.53. The predicted octanol–water partition coefficient (Wildman–Crippen LogP) is 1.94. The van der Waals surface area contributed by atoms with E-state index in [-0.39, 0.29) is 5.03 Å². The Morgan fingerprint density at radius 1 is 1.41 bits per heavy atom. The molecule has 0 atom stereocenters. The number of fused-ring (bicyclic) bond motifs is 1. The highest BCUT2D eigenvalue weighted by Gasteiger charge is 2.25. The zero-order valence-electron chi connectivity index (χ0n) is 12.4. The van der Waals surface area contributed by atoms with Gasteiger partial charge >= 0.3 is 0 Å². The standard InChI is InChI=1S/C14H17BrN4O2S/c1-9-17-14(13(15)19(9)2)22(20,21)18-12-5-3-4-10-6-7-16-8-11(10)12/h3-5,16,18H,6-8H2,1-2H3. The molecule has 1 aromatic heterocycles. The van der Waals surface area contributed by atoms with E-state index in [1.165, 1.54) is 5.56 Å². The van der Waals surface area contributed by atoms with Gasteiger partial charge in [-0.2, -0.15) is 8.42 Å². The van der Waals surface area contributed by atoms with Crippen molar-refractivity contribution in [1.82, 2.24) is 14.9 Å². The minimum Gasteiger partial charge on any atom is -0.325 e. The molecule has 2 N–H and O–H groups in total. The van der Waals surface area contributed by atoms with Gasteiger partial charge in [-0.15, -0.1) is 0 Å². The number of nitrogens with one attached hydrogen (secondary N) is 2. The molecule has 0 amide bonds. The second kappa shape index (κ2) is 5.68. The van der Waals surface area contributed by atoms with Gasteiger partial charge in [-0.3, -0.25) is 4.72 Å². The molecule has 2 heterocycles. The lowest BCUT2D eigenvalue weighted by Crippen LogP contribution is -2.25. The molecular formula is C14H17BrN4O2S. The number of rotatable bonds is 3. The van der Waals surface area contributed by atoms with Crippen LogP contribution in [-0.4, -0.2) is 24.5 Å². The summed E-state index contributed by atoms with van der Waals surface area (Å²) in [6, 6.07) is 5.70. The maximum absolute atomic E-state index is 12.6. The van der Waals surface area contributed by atoms with Crippen molar-refractivity contribution >= 4 is 31.6 Å². The van der Waals surface area contributed by atoms with Gasteiger partial charge < -0.3 is 9.88 Å². The van der Waals surface area contributed by atoms with Crippen LogP contribution < -0.4 is 10.0 Å². The third kappa shape index (κ3) is 2.66. The van der Waals surface area contributed by atoms with Crippen molar-refractivity contribution in [2.45, 2.75) is 24.9 Å². The molecule has 0 bridgehead atoms. The van der Waals surface area contributed by atoms with Gasteiger partial charge in [0.15, 0.2) is 0 Å². The smallest absolute Gasteiger partial charge is 0.282 e. The lowest BCUT2D eigenvalue weighted by molar-refractivity contribution is 0.596. The van der Waals surface area contributed by atoms with Crippen LogP contribution in [0.3, 0.4) is 0 Å². The molecule has 3 rings (SSSR count). The van der Waals surface area contributed by atoms with Crippen LogP contribution in [0.5, 0.6) is 0 Å². The first-order chi connectivity index (χ1) is 10.4. The number of sulfonamides is 1. The van der Waals surface area contributed by atoms with Crippen molar-refractivity contribution in [3.8, 4) is 0 Å². The Morgan fingerprint density at radius 3 is 2.86 bits per heavy atom. The van der Waals surface area contributed by atoms with Crippen molar-refractivity contribution in [1.29, 1.82) is 0 Å². The van der Waals surface area contributed by atoms with Crippen LogP contribution in [-0.2, 0) is 30.0 Å². The van der Waals surface area contributed by atoms with Gasteiger partial charge in [-0.1, -0.05) is 12.1 Å². The molecule has 0 radical (unpaired) electrons. The summed E-state index contributed by atoms with van der Waals surface area (Å²) in [6.07, 6.45) is 0.900. The summed E-state index contributed by atoms with van der Waals surface area (Å²) in [5.41, 5.74) is 2.79. The van der Waals surface area contributed by atoms with E-state index in [0.29, 0.717) is 22.7 Å². The van der Waals surface area contributed by atoms with Gasteiger partial charge in [0, 0.05) is 13.6 Å². The van der Waals surface area contributed by atoms with Crippen LogP contribution in [0.2, 0.25) is 0 Å². The second-order valence-corrected chi connectivity index (χ2v) is 7.64. The largest absolute Gasteiger partial charge is 0.325 e. The third-order valence-electron chi connectivity index (χ3n) is 3.86. The second-order valence-electron chi connectivity index (χ2n) is 5.29. The molecule has 1 aliphatic rings. The van der Waals surface area contributed by atoms with Gasteiger partial charge in [0.2, 0.25) is 5.03 Å². The Labute approximate surface area is 138 Å². The van der Waals surface area contributed by atoms with E-state index >= 15 is 0 Å². The van der Waals surface area contributed by atoms with Crippen molar-refractivity contribution < 1.29 is 8.42 Å². The van der Waals surface area contributed by atoms with E-state index in [0.717, 1.165) is 18.5 Å². The third-order valence-corrected chi connectivity index (χ3v) is 6.32. The van der Waals surface area contributed by atoms with E-state index in [9.17, 15) is 8.42 Å². The molecule has 2 aromatic rings. The first kappa shape index (κ1) is 15.5. The maximum Gasteiger partial charge on any atom is 0.282 e. The minimum atomic E-state index is -3.74. The molecule has 0 unspecified atom stereocenters. The summed E-state index contributed by atoms with van der Waals surface area (Å²) in [5, 5.41) is 3.28. The van der Waals surface area contributed by atoms with Gasteiger partial charge in [0.25, 0.3) is 10.0 Å². The topological polar surface area (TPSA) is 76.0 Å². The number of anilines is 1. The fourth-order valence-corrected chi connectivity index (χ4v) is 4.70. The number of aromatic nitrogens is 2.